The van der Waals surface area contributed by atoms with E-state index >= 15 is 0 Å². The van der Waals surface area contributed by atoms with Gasteiger partial charge in [-0.15, -0.1) is 43.1 Å². The summed E-state index contributed by atoms with van der Waals surface area (Å²) in [6.07, 6.45) is 4.42. The van der Waals surface area contributed by atoms with E-state index in [0.29, 0.717) is 98.8 Å². The fourth-order valence-electron chi connectivity index (χ4n) is 16.2. The summed E-state index contributed by atoms with van der Waals surface area (Å²) in [7, 11) is 0. The number of aromatic nitrogens is 6. The van der Waals surface area contributed by atoms with E-state index in [-0.39, 0.29) is 85.3 Å². The Bertz CT molecular complexity index is 4960. The van der Waals surface area contributed by atoms with E-state index in [9.17, 15) is 58.8 Å². The highest BCUT2D eigenvalue weighted by molar-refractivity contribution is 7.13. The Morgan fingerprint density at radius 2 is 0.984 bits per heavy atom. The first-order valence-corrected chi connectivity index (χ1v) is 44.4. The average molecular weight is 1720 g/mol. The first-order valence-electron chi connectivity index (χ1n) is 42.7. The van der Waals surface area contributed by atoms with Gasteiger partial charge < -0.3 is 77.7 Å². The normalized spacial score (nSPS) is 17.9. The number of carbonyl (C=O) groups is 8. The number of para-hydroxylation sites is 2. The number of ketones is 1. The van der Waals surface area contributed by atoms with Gasteiger partial charge in [0.25, 0.3) is 0 Å². The standard InChI is InChI=1S/C46H62N10O6S.C45H58N8O6S/c1-29(31-14-16-32(17-15-31)41-30(2)49-28-63-41)50-44(61)37-24-33(57)27-56(37)45(62)42(46(3,4)5)51-40(60)26-39(59)48-18-10-6-7-11-19-54-20-22-55(23-21-54)36-25-35(52-53-43(36)47)34-12-8-9-13-38(34)58;1-28(30-15-17-31(18-16-30)41-29(2)47-27-60-41)48-43(58)38-24-33(55)26-53(38)44(59)35(45(3,4)5)23-32(54)11-7-6-8-14-40(57)52-21-19-51(20-22-52)37-25-36(49-50-42(37)46)34-12-9-10-13-39(34)56/h8-9,12-17,25,28-29,33,37,42,57-58H,6-7,10-11,18-24,26-27H2,1-5H3,(H2,47,53)(H,48,59)(H,50,61)(H,51,60);9-10,12-13,15-18,25,27-28,33,35,38,55-56H,6-8,11,14,19-24,26H2,1-5H3,(H2,46,50)(H,48,58)/t29-,33+,37-,42+;28-,33+,35+,38-/m01/s1. The molecule has 12 N–H and O–H groups in total. The quantitative estimate of drug-likeness (QED) is 0.0138. The number of nitrogens with two attached hydrogens (primary N) is 2. The Morgan fingerprint density at radius 1 is 0.528 bits per heavy atom. The number of β-amino-alcohol motifs (C(OH)–C–C–N with tert-alkyl or cyclic N) is 2. The number of nitrogen functional groups attached to an aromatic ring is 2. The van der Waals surface area contributed by atoms with Gasteiger partial charge in [0, 0.05) is 121 Å². The van der Waals surface area contributed by atoms with Crippen LogP contribution in [-0.2, 0) is 38.4 Å². The van der Waals surface area contributed by atoms with Crippen LogP contribution in [0.25, 0.3) is 43.4 Å². The number of anilines is 4. The number of hydrogen-bond donors (Lipinski definition) is 10. The van der Waals surface area contributed by atoms with E-state index in [1.165, 1.54) is 9.80 Å². The van der Waals surface area contributed by atoms with E-state index < -0.39 is 77.1 Å². The highest BCUT2D eigenvalue weighted by Crippen LogP contribution is 2.39. The molecule has 4 saturated heterocycles. The number of amides is 7. The molecule has 0 saturated carbocycles. The largest absolute Gasteiger partial charge is 0.507 e. The molecule has 0 aliphatic carbocycles. The van der Waals surface area contributed by atoms with Gasteiger partial charge in [-0.05, 0) is 129 Å². The number of hydrogen-bond acceptors (Lipinski definition) is 25. The second-order valence-corrected chi connectivity index (χ2v) is 36.5. The van der Waals surface area contributed by atoms with Gasteiger partial charge in [0.1, 0.15) is 41.8 Å². The molecule has 0 spiro atoms. The van der Waals surface area contributed by atoms with E-state index in [4.69, 9.17) is 11.5 Å². The zero-order valence-electron chi connectivity index (χ0n) is 72.2. The summed E-state index contributed by atoms with van der Waals surface area (Å²) in [5.41, 5.74) is 24.3. The number of thiazole rings is 2. The van der Waals surface area contributed by atoms with Crippen LogP contribution in [0.5, 0.6) is 11.5 Å². The summed E-state index contributed by atoms with van der Waals surface area (Å²) in [6.45, 7) is 25.9. The number of phenolic OH excluding ortho intramolecular Hbond substituents is 2. The molecular formula is C91H120N18O12S2. The molecule has 0 bridgehead atoms. The number of phenols is 2. The molecule has 0 radical (unpaired) electrons. The lowest BCUT2D eigenvalue weighted by molar-refractivity contribution is -0.146. The Morgan fingerprint density at radius 3 is 1.45 bits per heavy atom. The van der Waals surface area contributed by atoms with Gasteiger partial charge in [-0.2, -0.15) is 0 Å². The van der Waals surface area contributed by atoms with Gasteiger partial charge >= 0.3 is 0 Å². The van der Waals surface area contributed by atoms with Crippen molar-refractivity contribution in [3.05, 3.63) is 143 Å². The number of aliphatic hydroxyl groups is 2. The van der Waals surface area contributed by atoms with Crippen LogP contribution >= 0.6 is 22.7 Å². The van der Waals surface area contributed by atoms with Gasteiger partial charge in [0.15, 0.2) is 11.6 Å². The van der Waals surface area contributed by atoms with Crippen molar-refractivity contribution >= 4 is 92.8 Å². The Balaban J connectivity index is 0.000000240. The van der Waals surface area contributed by atoms with E-state index in [0.717, 1.165) is 107 Å². The molecular weight excluding hydrogens is 1600 g/mol. The zero-order valence-corrected chi connectivity index (χ0v) is 73.9. The molecule has 123 heavy (non-hydrogen) atoms. The van der Waals surface area contributed by atoms with Crippen LogP contribution in [0.3, 0.4) is 0 Å². The third kappa shape index (κ3) is 24.7. The van der Waals surface area contributed by atoms with E-state index in [1.54, 1.807) is 59.1 Å². The molecule has 0 unspecified atom stereocenters. The average Bonchev–Trinajstić information content (AvgIpc) is 1.67. The minimum Gasteiger partial charge on any atom is -0.507 e. The molecule has 658 valence electrons. The van der Waals surface area contributed by atoms with E-state index in [2.05, 4.69) is 66.3 Å². The monoisotopic (exact) mass is 1720 g/mol. The van der Waals surface area contributed by atoms with Crippen LogP contribution in [0.4, 0.5) is 23.0 Å². The minimum atomic E-state index is -1.03. The Hall–Kier alpha value is -11.1. The van der Waals surface area contributed by atoms with Gasteiger partial charge in [0.05, 0.1) is 79.2 Å². The predicted octanol–water partition coefficient (Wildman–Crippen LogP) is 10.3. The zero-order chi connectivity index (χ0) is 88.4. The number of rotatable bonds is 32. The molecule has 8 atom stereocenters. The molecule has 8 aromatic rings. The maximum absolute atomic E-state index is 14.1. The number of benzene rings is 4. The van der Waals surface area contributed by atoms with Crippen molar-refractivity contribution in [1.29, 1.82) is 0 Å². The second-order valence-electron chi connectivity index (χ2n) is 34.8. The Kier molecular flexibility index (Phi) is 31.9. The van der Waals surface area contributed by atoms with Crippen molar-refractivity contribution in [2.45, 2.75) is 195 Å². The first kappa shape index (κ1) is 92.7. The number of nitrogens with one attached hydrogen (secondary N) is 4. The maximum atomic E-state index is 14.1. The van der Waals surface area contributed by atoms with Gasteiger partial charge in [0.2, 0.25) is 41.4 Å². The number of aliphatic hydroxyl groups excluding tert-OH is 2. The molecule has 30 nitrogen and oxygen atoms in total. The topological polar surface area (TPSA) is 414 Å². The van der Waals surface area contributed by atoms with Crippen LogP contribution in [0, 0.1) is 30.6 Å². The highest BCUT2D eigenvalue weighted by Gasteiger charge is 2.47. The lowest BCUT2D eigenvalue weighted by atomic mass is 9.76. The van der Waals surface area contributed by atoms with Crippen LogP contribution in [0.15, 0.2) is 120 Å². The maximum Gasteiger partial charge on any atom is 0.246 e. The van der Waals surface area contributed by atoms with Crippen LogP contribution in [0.2, 0.25) is 0 Å². The first-order chi connectivity index (χ1) is 58.7. The van der Waals surface area contributed by atoms with Crippen molar-refractivity contribution in [1.82, 2.24) is 71.2 Å². The predicted molar refractivity (Wildman–Crippen MR) is 478 cm³/mol. The molecule has 4 fully saturated rings. The molecule has 4 aromatic heterocycles. The van der Waals surface area contributed by atoms with Crippen LogP contribution < -0.4 is 42.5 Å². The Labute approximate surface area is 728 Å². The molecule has 4 aromatic carbocycles. The van der Waals surface area contributed by atoms with Crippen molar-refractivity contribution in [3.63, 3.8) is 0 Å². The van der Waals surface area contributed by atoms with Gasteiger partial charge in [-0.3, -0.25) is 43.3 Å². The van der Waals surface area contributed by atoms with Crippen LogP contribution in [-0.4, -0.2) is 226 Å². The van der Waals surface area contributed by atoms with Gasteiger partial charge in [-0.1, -0.05) is 134 Å². The number of piperazine rings is 2. The molecule has 12 rings (SSSR count). The molecule has 32 heteroatoms. The van der Waals surface area contributed by atoms with Crippen molar-refractivity contribution in [2.75, 3.05) is 99.8 Å². The van der Waals surface area contributed by atoms with Crippen molar-refractivity contribution < 1.29 is 58.8 Å². The number of likely N-dealkylation sites (tertiary alicyclic amines) is 2. The van der Waals surface area contributed by atoms with Gasteiger partial charge in [-0.25, -0.2) is 9.97 Å². The fraction of sp³-hybridized carbons (Fsp3) is 0.495. The molecule has 4 aliphatic rings. The number of nitrogens with zero attached hydrogens (tertiary/aromatic N) is 12. The molecule has 7 amide bonds. The lowest BCUT2D eigenvalue weighted by Gasteiger charge is -2.36. The molecule has 8 heterocycles. The summed E-state index contributed by atoms with van der Waals surface area (Å²) in [5, 5.41) is 70.1. The third-order valence-corrected chi connectivity index (χ3v) is 25.5. The second kappa shape index (κ2) is 42.3. The summed E-state index contributed by atoms with van der Waals surface area (Å²) < 4.78 is 0. The summed E-state index contributed by atoms with van der Waals surface area (Å²) in [6, 6.07) is 30.0. The SMILES string of the molecule is Cc1ncsc1-c1ccc([C@@H](C)NC(=O)[C@H]2C[C@H](O)CN2C(=O)[C@H](CC(=O)CCCCCC(=O)N2CCN(c3cc(-c4ccccc4O)nnc3N)CC2)C(C)(C)C)cc1.Cc1ncsc1-c1ccc([C@H](C)NC(=O)[C@@H]2C[C@@H](O)CN2C(=O)[C@@H](NC(=O)CC(=O)NCCCCCCN2CCN(c3cc(-c4ccccc4O)nnc3N)CC2)C(C)(C)C)cc1. The summed E-state index contributed by atoms with van der Waals surface area (Å²) >= 11 is 3.15. The third-order valence-electron chi connectivity index (χ3n) is 23.5. The van der Waals surface area contributed by atoms with E-state index in [1.807, 2.05) is 158 Å². The number of Topliss-reactive ketones (excluding diaryl/α,β-unsaturated/α-hetero) is 1. The summed E-state index contributed by atoms with van der Waals surface area (Å²) in [4.78, 5) is 130. The highest BCUT2D eigenvalue weighted by atomic mass is 32.1. The van der Waals surface area contributed by atoms with Crippen LogP contribution in [0.1, 0.15) is 173 Å². The number of unbranched alkanes of at least 4 members (excludes halogenated alkanes) is 5. The number of aromatic hydroxyl groups is 2. The van der Waals surface area contributed by atoms with Crippen molar-refractivity contribution in [3.8, 4) is 54.9 Å². The fourth-order valence-corrected chi connectivity index (χ4v) is 17.9. The smallest absolute Gasteiger partial charge is 0.246 e. The minimum absolute atomic E-state index is 0.0347. The lowest BCUT2D eigenvalue weighted by Crippen LogP contribution is -2.58. The van der Waals surface area contributed by atoms with Crippen molar-refractivity contribution in [2.24, 2.45) is 16.7 Å². The number of aryl methyl sites for hydroxylation is 2. The molecule has 4 aliphatic heterocycles. The summed E-state index contributed by atoms with van der Waals surface area (Å²) in [5.74, 6) is -2.26. The number of carbonyl (C=O) groups excluding carboxylic acids is 8.